The number of non-ortho nitro benzene ring substituents is 1. The van der Waals surface area contributed by atoms with Crippen molar-refractivity contribution in [2.45, 2.75) is 6.92 Å². The second-order valence-electron chi connectivity index (χ2n) is 5.83. The fourth-order valence-corrected chi connectivity index (χ4v) is 3.91. The van der Waals surface area contributed by atoms with Gasteiger partial charge in [-0.3, -0.25) is 25.0 Å². The average Bonchev–Trinajstić information content (AvgIpc) is 3.08. The van der Waals surface area contributed by atoms with Gasteiger partial charge >= 0.3 is 11.7 Å². The second kappa shape index (κ2) is 8.13. The summed E-state index contributed by atoms with van der Waals surface area (Å²) in [5, 5.41) is 35.0. The van der Waals surface area contributed by atoms with Crippen molar-refractivity contribution in [1.29, 1.82) is 0 Å². The molecule has 3 rings (SSSR count). The van der Waals surface area contributed by atoms with E-state index < -0.39 is 38.8 Å². The zero-order valence-electron chi connectivity index (χ0n) is 15.3. The Kier molecular flexibility index (Phi) is 5.60. The number of hydrogen-bond acceptors (Lipinski definition) is 9. The van der Waals surface area contributed by atoms with E-state index in [0.29, 0.717) is 17.4 Å². The van der Waals surface area contributed by atoms with Crippen LogP contribution >= 0.6 is 11.3 Å². The third-order valence-corrected chi connectivity index (χ3v) is 5.14. The molecule has 0 bridgehead atoms. The number of phenolic OH excluding ortho intramolecular Hbond substituents is 1. The molecule has 0 saturated carbocycles. The Morgan fingerprint density at radius 1 is 1.13 bits per heavy atom. The molecule has 30 heavy (non-hydrogen) atoms. The van der Waals surface area contributed by atoms with E-state index in [9.17, 15) is 34.9 Å². The molecule has 0 unspecified atom stereocenters. The average molecular weight is 431 g/mol. The van der Waals surface area contributed by atoms with Gasteiger partial charge in [-0.25, -0.2) is 4.79 Å². The van der Waals surface area contributed by atoms with Gasteiger partial charge in [0, 0.05) is 5.56 Å². The number of phenols is 1. The molecule has 0 radical (unpaired) electrons. The molecule has 1 amide bonds. The number of benzene rings is 2. The number of carbonyl (C=O) groups excluding carboxylic acids is 2. The van der Waals surface area contributed by atoms with E-state index >= 15 is 0 Å². The third kappa shape index (κ3) is 3.63. The van der Waals surface area contributed by atoms with Crippen molar-refractivity contribution in [3.8, 4) is 5.75 Å². The SMILES string of the molecule is CCOC(=O)c1c(NC(=O)c2ccccc2)sc2c(O)c([N+](=O)[O-])cc([N+](=O)[O-])c12. The molecule has 154 valence electrons. The van der Waals surface area contributed by atoms with Crippen molar-refractivity contribution in [2.75, 3.05) is 11.9 Å². The normalized spacial score (nSPS) is 10.6. The topological polar surface area (TPSA) is 162 Å². The first-order chi connectivity index (χ1) is 14.3. The number of ether oxygens (including phenoxy) is 1. The molecule has 12 heteroatoms. The lowest BCUT2D eigenvalue weighted by Crippen LogP contribution is -2.14. The highest BCUT2D eigenvalue weighted by Crippen LogP contribution is 2.49. The van der Waals surface area contributed by atoms with Crippen LogP contribution in [-0.2, 0) is 4.74 Å². The number of aromatic hydroxyl groups is 1. The van der Waals surface area contributed by atoms with Gasteiger partial charge in [0.2, 0.25) is 5.75 Å². The van der Waals surface area contributed by atoms with Gasteiger partial charge in [-0.2, -0.15) is 0 Å². The number of nitrogens with zero attached hydrogens (tertiary/aromatic N) is 2. The van der Waals surface area contributed by atoms with Crippen LogP contribution < -0.4 is 5.32 Å². The lowest BCUT2D eigenvalue weighted by atomic mass is 10.1. The highest BCUT2D eigenvalue weighted by molar-refractivity contribution is 7.24. The standard InChI is InChI=1S/C18H13N3O8S/c1-2-29-18(24)13-12-10(20(25)26)8-11(21(27)28)14(22)15(12)30-17(13)19-16(23)9-6-4-3-5-7-9/h3-8,22H,2H2,1H3,(H,19,23). The molecular weight excluding hydrogens is 418 g/mol. The fourth-order valence-electron chi connectivity index (χ4n) is 2.76. The Morgan fingerprint density at radius 3 is 2.33 bits per heavy atom. The molecule has 11 nitrogen and oxygen atoms in total. The van der Waals surface area contributed by atoms with E-state index in [2.05, 4.69) is 5.32 Å². The van der Waals surface area contributed by atoms with Gasteiger partial charge in [-0.1, -0.05) is 18.2 Å². The van der Waals surface area contributed by atoms with Crippen LogP contribution in [0.3, 0.4) is 0 Å². The number of thiophene rings is 1. The zero-order chi connectivity index (χ0) is 22.0. The summed E-state index contributed by atoms with van der Waals surface area (Å²) in [6.45, 7) is 1.46. The van der Waals surface area contributed by atoms with Crippen molar-refractivity contribution in [3.63, 3.8) is 0 Å². The summed E-state index contributed by atoms with van der Waals surface area (Å²) < 4.78 is 4.66. The molecule has 2 aromatic carbocycles. The summed E-state index contributed by atoms with van der Waals surface area (Å²) in [7, 11) is 0. The van der Waals surface area contributed by atoms with Crippen molar-refractivity contribution in [2.24, 2.45) is 0 Å². The van der Waals surface area contributed by atoms with Gasteiger partial charge < -0.3 is 15.2 Å². The number of fused-ring (bicyclic) bond motifs is 1. The van der Waals surface area contributed by atoms with E-state index in [-0.39, 0.29) is 32.8 Å². The highest BCUT2D eigenvalue weighted by Gasteiger charge is 2.34. The quantitative estimate of drug-likeness (QED) is 0.338. The molecule has 0 fully saturated rings. The van der Waals surface area contributed by atoms with Gasteiger partial charge in [-0.15, -0.1) is 11.3 Å². The van der Waals surface area contributed by atoms with Crippen LogP contribution in [0.15, 0.2) is 36.4 Å². The van der Waals surface area contributed by atoms with Gasteiger partial charge in [0.15, 0.2) is 0 Å². The Morgan fingerprint density at radius 2 is 1.77 bits per heavy atom. The lowest BCUT2D eigenvalue weighted by Gasteiger charge is -2.07. The molecule has 0 atom stereocenters. The highest BCUT2D eigenvalue weighted by atomic mass is 32.1. The molecular formula is C18H13N3O8S. The fraction of sp³-hybridized carbons (Fsp3) is 0.111. The number of hydrogen-bond donors (Lipinski definition) is 2. The number of carbonyl (C=O) groups is 2. The first kappa shape index (κ1) is 20.7. The first-order valence-electron chi connectivity index (χ1n) is 8.41. The van der Waals surface area contributed by atoms with Crippen molar-refractivity contribution < 1.29 is 29.3 Å². The van der Waals surface area contributed by atoms with E-state index in [4.69, 9.17) is 4.74 Å². The number of nitro benzene ring substituents is 2. The zero-order valence-corrected chi connectivity index (χ0v) is 16.1. The van der Waals surface area contributed by atoms with Gasteiger partial charge in [0.05, 0.1) is 32.6 Å². The molecule has 0 saturated heterocycles. The smallest absolute Gasteiger partial charge is 0.342 e. The number of esters is 1. The summed E-state index contributed by atoms with van der Waals surface area (Å²) in [5.74, 6) is -2.45. The van der Waals surface area contributed by atoms with Gasteiger partial charge in [0.25, 0.3) is 11.6 Å². The maximum absolute atomic E-state index is 12.6. The Bertz CT molecular complexity index is 1190. The van der Waals surface area contributed by atoms with Gasteiger partial charge in [0.1, 0.15) is 10.6 Å². The molecule has 0 spiro atoms. The summed E-state index contributed by atoms with van der Waals surface area (Å²) >= 11 is 0.599. The minimum Gasteiger partial charge on any atom is -0.501 e. The number of nitrogens with one attached hydrogen (secondary N) is 1. The molecule has 0 aliphatic rings. The van der Waals surface area contributed by atoms with Gasteiger partial charge in [-0.05, 0) is 19.1 Å². The summed E-state index contributed by atoms with van der Waals surface area (Å²) in [4.78, 5) is 46.0. The monoisotopic (exact) mass is 431 g/mol. The van der Waals surface area contributed by atoms with Crippen molar-refractivity contribution in [3.05, 3.63) is 67.8 Å². The van der Waals surface area contributed by atoms with Crippen LogP contribution in [-0.4, -0.2) is 33.4 Å². The summed E-state index contributed by atoms with van der Waals surface area (Å²) in [6.07, 6.45) is 0. The van der Waals surface area contributed by atoms with Crippen LogP contribution in [0.25, 0.3) is 10.1 Å². The number of rotatable bonds is 6. The maximum atomic E-state index is 12.6. The number of anilines is 1. The van der Waals surface area contributed by atoms with Crippen LogP contribution in [0, 0.1) is 20.2 Å². The first-order valence-corrected chi connectivity index (χ1v) is 9.22. The molecule has 0 aliphatic carbocycles. The van der Waals surface area contributed by atoms with E-state index in [1.165, 1.54) is 19.1 Å². The van der Waals surface area contributed by atoms with Crippen LogP contribution in [0.5, 0.6) is 5.75 Å². The minimum atomic E-state index is -0.983. The third-order valence-electron chi connectivity index (χ3n) is 4.03. The molecule has 3 aromatic rings. The Hall–Kier alpha value is -4.06. The summed E-state index contributed by atoms with van der Waals surface area (Å²) in [5.41, 5.74) is -1.78. The maximum Gasteiger partial charge on any atom is 0.342 e. The van der Waals surface area contributed by atoms with Crippen molar-refractivity contribution >= 4 is 49.7 Å². The second-order valence-corrected chi connectivity index (χ2v) is 6.85. The molecule has 0 aliphatic heterocycles. The van der Waals surface area contributed by atoms with E-state index in [1.807, 2.05) is 0 Å². The van der Waals surface area contributed by atoms with Crippen LogP contribution in [0.2, 0.25) is 0 Å². The molecule has 2 N–H and O–H groups in total. The molecule has 1 heterocycles. The largest absolute Gasteiger partial charge is 0.501 e. The lowest BCUT2D eigenvalue weighted by molar-refractivity contribution is -0.393. The van der Waals surface area contributed by atoms with E-state index in [0.717, 1.165) is 0 Å². The Labute approximate surface area is 171 Å². The molecule has 1 aromatic heterocycles. The van der Waals surface area contributed by atoms with Crippen LogP contribution in [0.4, 0.5) is 16.4 Å². The van der Waals surface area contributed by atoms with Crippen LogP contribution in [0.1, 0.15) is 27.6 Å². The number of amides is 1. The minimum absolute atomic E-state index is 0.0605. The summed E-state index contributed by atoms with van der Waals surface area (Å²) in [6, 6.07) is 8.52. The predicted molar refractivity (Wildman–Crippen MR) is 107 cm³/mol. The van der Waals surface area contributed by atoms with Crippen molar-refractivity contribution in [1.82, 2.24) is 0 Å². The Balaban J connectivity index is 2.29. The predicted octanol–water partition coefficient (Wildman–Crippen LogP) is 3.85. The van der Waals surface area contributed by atoms with E-state index in [1.54, 1.807) is 18.2 Å². The number of nitro groups is 2.